The molecule has 146 valence electrons. The summed E-state index contributed by atoms with van der Waals surface area (Å²) in [6.07, 6.45) is 2.53. The van der Waals surface area contributed by atoms with Crippen molar-refractivity contribution in [3.63, 3.8) is 0 Å². The quantitative estimate of drug-likeness (QED) is 0.572. The van der Waals surface area contributed by atoms with Gasteiger partial charge in [-0.3, -0.25) is 4.79 Å². The molecule has 9 heteroatoms. The molecule has 1 heterocycles. The van der Waals surface area contributed by atoms with Crippen LogP contribution in [0, 0.1) is 11.6 Å². The van der Waals surface area contributed by atoms with E-state index in [4.69, 9.17) is 11.6 Å². The highest BCUT2D eigenvalue weighted by molar-refractivity contribution is 7.57. The van der Waals surface area contributed by atoms with Gasteiger partial charge in [0.2, 0.25) is 5.91 Å². The number of carbonyl (C=O) groups excluding carboxylic acids is 1. The van der Waals surface area contributed by atoms with E-state index in [0.717, 1.165) is 23.5 Å². The summed E-state index contributed by atoms with van der Waals surface area (Å²) in [6.45, 7) is 1.00. The average Bonchev–Trinajstić information content (AvgIpc) is 3.00. The zero-order valence-corrected chi connectivity index (χ0v) is 17.0. The van der Waals surface area contributed by atoms with Crippen molar-refractivity contribution >= 4 is 52.4 Å². The number of hydrogen-bond donors (Lipinski definition) is 1. The summed E-state index contributed by atoms with van der Waals surface area (Å²) in [7, 11) is -4.11. The van der Waals surface area contributed by atoms with E-state index in [0.29, 0.717) is 21.5 Å². The van der Waals surface area contributed by atoms with Crippen LogP contribution < -0.4 is 10.2 Å². The first-order chi connectivity index (χ1) is 13.2. The van der Waals surface area contributed by atoms with E-state index in [2.05, 4.69) is 5.32 Å². The smallest absolute Gasteiger partial charge is 0.237 e. The number of rotatable bonds is 5. The molecule has 0 saturated carbocycles. The second kappa shape index (κ2) is 8.13. The van der Waals surface area contributed by atoms with E-state index in [1.807, 2.05) is 0 Å². The van der Waals surface area contributed by atoms with Crippen molar-refractivity contribution in [2.45, 2.75) is 5.66 Å². The molecule has 0 radical (unpaired) electrons. The summed E-state index contributed by atoms with van der Waals surface area (Å²) < 4.78 is 39.3. The molecule has 3 rings (SSSR count). The molecule has 3 aromatic rings. The third-order valence-electron chi connectivity index (χ3n) is 4.02. The number of carbonyl (C=O) groups is 1. The third kappa shape index (κ3) is 4.50. The Balaban J connectivity index is 1.88. The first-order valence-electron chi connectivity index (χ1n) is 8.03. The second-order valence-corrected chi connectivity index (χ2v) is 9.84. The van der Waals surface area contributed by atoms with Crippen molar-refractivity contribution in [1.29, 1.82) is 0 Å². The zero-order chi connectivity index (χ0) is 20.5. The van der Waals surface area contributed by atoms with E-state index >= 15 is 0 Å². The van der Waals surface area contributed by atoms with Gasteiger partial charge in [0.1, 0.15) is 5.66 Å². The van der Waals surface area contributed by atoms with Crippen LogP contribution in [-0.4, -0.2) is 12.6 Å². The van der Waals surface area contributed by atoms with Gasteiger partial charge < -0.3 is 14.8 Å². The van der Waals surface area contributed by atoms with Crippen LogP contribution in [0.1, 0.15) is 16.8 Å². The minimum absolute atomic E-state index is 0.310. The molecule has 0 aliphatic heterocycles. The van der Waals surface area contributed by atoms with Crippen LogP contribution in [0.15, 0.2) is 48.0 Å². The Kier molecular flexibility index (Phi) is 6.01. The van der Waals surface area contributed by atoms with Gasteiger partial charge >= 0.3 is 0 Å². The Labute approximate surface area is 168 Å². The number of halogens is 3. The molecule has 1 N–H and O–H groups in total. The fraction of sp³-hybridized carbons (Fsp3) is 0.105. The first kappa shape index (κ1) is 20.7. The summed E-state index contributed by atoms with van der Waals surface area (Å²) >= 11 is 7.32. The minimum atomic E-state index is -4.11. The van der Waals surface area contributed by atoms with Gasteiger partial charge in [0.05, 0.1) is 0 Å². The molecular weight excluding hydrogens is 427 g/mol. The van der Waals surface area contributed by atoms with Crippen LogP contribution in [0.2, 0.25) is 5.02 Å². The lowest BCUT2D eigenvalue weighted by atomic mass is 10.1. The lowest BCUT2D eigenvalue weighted by Gasteiger charge is -2.27. The van der Waals surface area contributed by atoms with Crippen molar-refractivity contribution in [2.24, 2.45) is 0 Å². The predicted molar refractivity (Wildman–Crippen MR) is 107 cm³/mol. The fourth-order valence-corrected chi connectivity index (χ4v) is 5.21. The second-order valence-electron chi connectivity index (χ2n) is 6.16. The fourth-order valence-electron chi connectivity index (χ4n) is 2.75. The summed E-state index contributed by atoms with van der Waals surface area (Å²) in [5, 5.41) is 5.06. The average molecular weight is 441 g/mol. The van der Waals surface area contributed by atoms with Gasteiger partial charge in [-0.25, -0.2) is 8.78 Å². The summed E-state index contributed by atoms with van der Waals surface area (Å²) in [6, 6.07) is 8.31. The molecule has 0 spiro atoms. The third-order valence-corrected chi connectivity index (χ3v) is 6.69. The van der Waals surface area contributed by atoms with Crippen LogP contribution >= 0.6 is 30.3 Å². The molecule has 2 atom stereocenters. The van der Waals surface area contributed by atoms with Crippen molar-refractivity contribution in [3.8, 4) is 0 Å². The molecule has 1 amide bonds. The number of fused-ring (bicyclic) bond motifs is 1. The van der Waals surface area contributed by atoms with Crippen molar-refractivity contribution < 1.29 is 23.0 Å². The Hall–Kier alpha value is -2.05. The first-order valence-corrected chi connectivity index (χ1v) is 11.4. The maximum absolute atomic E-state index is 13.2. The topological polar surface area (TPSA) is 69.2 Å². The molecule has 0 bridgehead atoms. The highest BCUT2D eigenvalue weighted by Gasteiger charge is 2.30. The molecular formula is C19H14ClF2NO3PS-. The molecule has 0 saturated heterocycles. The molecule has 28 heavy (non-hydrogen) atoms. The Morgan fingerprint density at radius 1 is 1.25 bits per heavy atom. The Morgan fingerprint density at radius 3 is 2.68 bits per heavy atom. The highest BCUT2D eigenvalue weighted by atomic mass is 35.5. The van der Waals surface area contributed by atoms with Gasteiger partial charge in [-0.1, -0.05) is 17.7 Å². The van der Waals surface area contributed by atoms with Gasteiger partial charge in [-0.15, -0.1) is 11.3 Å². The maximum Gasteiger partial charge on any atom is 0.237 e. The molecule has 1 aromatic heterocycles. The monoisotopic (exact) mass is 440 g/mol. The lowest BCUT2D eigenvalue weighted by molar-refractivity contribution is -0.176. The molecule has 0 fully saturated rings. The standard InChI is InChI=1S/C19H15ClF2NO3PS/c1-27(25,26)18(14-10-28-17-5-3-12(20)9-13(14)17)19(24)23-7-6-11-2-4-15(21)16(22)8-11/h2-10,18H,1H3,(H,23,24)(H,25,26)/p-1/b7-6+/t18-/m0/s1. The minimum Gasteiger partial charge on any atom is -0.799 e. The molecule has 0 aliphatic carbocycles. The Morgan fingerprint density at radius 2 is 2.00 bits per heavy atom. The Bertz CT molecular complexity index is 1130. The summed E-state index contributed by atoms with van der Waals surface area (Å²) in [5.74, 6) is -2.76. The zero-order valence-electron chi connectivity index (χ0n) is 14.5. The van der Waals surface area contributed by atoms with E-state index in [-0.39, 0.29) is 0 Å². The number of amides is 1. The lowest BCUT2D eigenvalue weighted by Crippen LogP contribution is -2.27. The maximum atomic E-state index is 13.2. The van der Waals surface area contributed by atoms with Gasteiger partial charge in [0.25, 0.3) is 0 Å². The highest BCUT2D eigenvalue weighted by Crippen LogP contribution is 2.51. The molecule has 0 aliphatic rings. The largest absolute Gasteiger partial charge is 0.799 e. The van der Waals surface area contributed by atoms with E-state index in [1.165, 1.54) is 29.7 Å². The van der Waals surface area contributed by atoms with Gasteiger partial charge in [0.15, 0.2) is 11.6 Å². The van der Waals surface area contributed by atoms with Gasteiger partial charge in [-0.05, 0) is 65.0 Å². The van der Waals surface area contributed by atoms with Crippen molar-refractivity contribution in [3.05, 3.63) is 75.8 Å². The molecule has 2 aromatic carbocycles. The van der Waals surface area contributed by atoms with E-state index < -0.39 is 30.6 Å². The summed E-state index contributed by atoms with van der Waals surface area (Å²) in [5.41, 5.74) is -0.748. The number of benzene rings is 2. The van der Waals surface area contributed by atoms with Crippen molar-refractivity contribution in [1.82, 2.24) is 5.32 Å². The molecule has 1 unspecified atom stereocenters. The van der Waals surface area contributed by atoms with Crippen LogP contribution in [-0.2, 0) is 9.36 Å². The predicted octanol–water partition coefficient (Wildman–Crippen LogP) is 4.93. The van der Waals surface area contributed by atoms with Crippen molar-refractivity contribution in [2.75, 3.05) is 6.66 Å². The SMILES string of the molecule is CP(=O)([O-])[C@H](C(=O)N/C=C/c1ccc(F)c(F)c1)c1csc2ccc(Cl)cc12. The number of nitrogens with one attached hydrogen (secondary N) is 1. The van der Waals surface area contributed by atoms with E-state index in [9.17, 15) is 23.0 Å². The number of hydrogen-bond acceptors (Lipinski definition) is 4. The van der Waals surface area contributed by atoms with Crippen LogP contribution in [0.4, 0.5) is 8.78 Å². The molecule has 4 nitrogen and oxygen atoms in total. The van der Waals surface area contributed by atoms with Crippen LogP contribution in [0.5, 0.6) is 0 Å². The van der Waals surface area contributed by atoms with Crippen LogP contribution in [0.25, 0.3) is 16.2 Å². The normalized spacial score (nSPS) is 14.9. The van der Waals surface area contributed by atoms with Gasteiger partial charge in [0, 0.05) is 23.3 Å². The number of thiophene rings is 1. The van der Waals surface area contributed by atoms with Crippen LogP contribution in [0.3, 0.4) is 0 Å². The van der Waals surface area contributed by atoms with E-state index in [1.54, 1.807) is 23.6 Å². The van der Waals surface area contributed by atoms with Gasteiger partial charge in [-0.2, -0.15) is 0 Å². The summed E-state index contributed by atoms with van der Waals surface area (Å²) in [4.78, 5) is 25.0.